The predicted molar refractivity (Wildman–Crippen MR) is 76.5 cm³/mol. The minimum absolute atomic E-state index is 0.0820. The third-order valence-electron chi connectivity index (χ3n) is 3.53. The van der Waals surface area contributed by atoms with Gasteiger partial charge in [-0.15, -0.1) is 0 Å². The zero-order valence-electron chi connectivity index (χ0n) is 12.7. The topological polar surface area (TPSA) is 73.1 Å². The fourth-order valence-corrected chi connectivity index (χ4v) is 2.03. The molecular formula is C14H26N4O. The molecule has 0 fully saturated rings. The van der Waals surface area contributed by atoms with E-state index in [1.165, 1.54) is 0 Å². The molecule has 3 N–H and O–H groups in total. The minimum atomic E-state index is -0.142. The van der Waals surface area contributed by atoms with E-state index in [2.05, 4.69) is 42.5 Å². The Bertz CT molecular complexity index is 406. The average molecular weight is 266 g/mol. The van der Waals surface area contributed by atoms with Crippen LogP contribution in [0.15, 0.2) is 6.07 Å². The van der Waals surface area contributed by atoms with Crippen molar-refractivity contribution in [3.63, 3.8) is 0 Å². The molecular weight excluding hydrogens is 240 g/mol. The smallest absolute Gasteiger partial charge is 0.0676 e. The van der Waals surface area contributed by atoms with Crippen molar-refractivity contribution in [3.8, 4) is 0 Å². The van der Waals surface area contributed by atoms with Gasteiger partial charge in [-0.3, -0.25) is 11.3 Å². The molecule has 0 saturated heterocycles. The molecule has 0 amide bonds. The van der Waals surface area contributed by atoms with E-state index in [1.807, 2.05) is 6.92 Å². The van der Waals surface area contributed by atoms with Crippen LogP contribution in [0, 0.1) is 6.92 Å². The number of hydrazine groups is 1. The number of hydrogen-bond donors (Lipinski definition) is 2. The molecule has 1 aromatic rings. The fraction of sp³-hybridized carbons (Fsp3) is 0.714. The maximum atomic E-state index is 5.71. The van der Waals surface area contributed by atoms with Crippen molar-refractivity contribution < 1.29 is 4.74 Å². The lowest BCUT2D eigenvalue weighted by Crippen LogP contribution is -2.32. The molecule has 5 nitrogen and oxygen atoms in total. The molecule has 1 unspecified atom stereocenters. The zero-order chi connectivity index (χ0) is 14.5. The maximum absolute atomic E-state index is 5.71. The molecule has 0 aromatic carbocycles. The molecule has 1 heterocycles. The van der Waals surface area contributed by atoms with Crippen LogP contribution < -0.4 is 11.3 Å². The summed E-state index contributed by atoms with van der Waals surface area (Å²) in [5.74, 6) is 5.71. The monoisotopic (exact) mass is 266 g/mol. The van der Waals surface area contributed by atoms with Gasteiger partial charge < -0.3 is 4.74 Å². The fourth-order valence-electron chi connectivity index (χ4n) is 2.03. The molecule has 108 valence electrons. The molecule has 5 heteroatoms. The van der Waals surface area contributed by atoms with Crippen LogP contribution >= 0.6 is 0 Å². The van der Waals surface area contributed by atoms with Crippen LogP contribution in [0.3, 0.4) is 0 Å². The number of nitrogens with zero attached hydrogens (tertiary/aromatic N) is 2. The van der Waals surface area contributed by atoms with Gasteiger partial charge in [0.1, 0.15) is 0 Å². The summed E-state index contributed by atoms with van der Waals surface area (Å²) < 4.78 is 5.45. The molecule has 0 spiro atoms. The van der Waals surface area contributed by atoms with Gasteiger partial charge in [0, 0.05) is 13.2 Å². The summed E-state index contributed by atoms with van der Waals surface area (Å²) >= 11 is 0. The van der Waals surface area contributed by atoms with Crippen LogP contribution in [-0.4, -0.2) is 22.9 Å². The zero-order valence-corrected chi connectivity index (χ0v) is 12.7. The van der Waals surface area contributed by atoms with Crippen molar-refractivity contribution in [1.82, 2.24) is 15.6 Å². The van der Waals surface area contributed by atoms with Crippen LogP contribution in [0.1, 0.15) is 56.6 Å². The number of nitrogens with two attached hydrogens (primary N) is 1. The highest BCUT2D eigenvalue weighted by Gasteiger charge is 2.21. The minimum Gasteiger partial charge on any atom is -0.379 e. The summed E-state index contributed by atoms with van der Waals surface area (Å²) in [6.07, 6.45) is 2.67. The van der Waals surface area contributed by atoms with E-state index >= 15 is 0 Å². The molecule has 0 aliphatic heterocycles. The van der Waals surface area contributed by atoms with E-state index in [4.69, 9.17) is 10.6 Å². The Morgan fingerprint density at radius 1 is 1.42 bits per heavy atom. The van der Waals surface area contributed by atoms with Gasteiger partial charge in [0.05, 0.1) is 17.0 Å². The Morgan fingerprint density at radius 3 is 2.63 bits per heavy atom. The Balaban J connectivity index is 2.88. The van der Waals surface area contributed by atoms with Crippen molar-refractivity contribution in [2.45, 2.75) is 58.6 Å². The van der Waals surface area contributed by atoms with Gasteiger partial charge in [0.25, 0.3) is 0 Å². The predicted octanol–water partition coefficient (Wildman–Crippen LogP) is 2.06. The van der Waals surface area contributed by atoms with E-state index in [0.29, 0.717) is 0 Å². The molecule has 0 bridgehead atoms. The van der Waals surface area contributed by atoms with Crippen molar-refractivity contribution in [2.24, 2.45) is 5.84 Å². The first-order valence-corrected chi connectivity index (χ1v) is 6.78. The second-order valence-corrected chi connectivity index (χ2v) is 5.46. The van der Waals surface area contributed by atoms with Gasteiger partial charge >= 0.3 is 0 Å². The Labute approximate surface area is 115 Å². The standard InChI is InChI=1S/C14H26N4O/c1-6-12-11(9-10(2)17-18-12)13(16-15)7-8-14(3,4)19-5/h9,13,16H,6-8,15H2,1-5H3. The van der Waals surface area contributed by atoms with Crippen molar-refractivity contribution in [2.75, 3.05) is 7.11 Å². The highest BCUT2D eigenvalue weighted by Crippen LogP contribution is 2.25. The summed E-state index contributed by atoms with van der Waals surface area (Å²) in [5.41, 5.74) is 5.81. The summed E-state index contributed by atoms with van der Waals surface area (Å²) in [7, 11) is 1.74. The van der Waals surface area contributed by atoms with Crippen LogP contribution in [0.5, 0.6) is 0 Å². The second-order valence-electron chi connectivity index (χ2n) is 5.46. The van der Waals surface area contributed by atoms with E-state index in [1.54, 1.807) is 7.11 Å². The quantitative estimate of drug-likeness (QED) is 0.584. The van der Waals surface area contributed by atoms with Gasteiger partial charge in [0.2, 0.25) is 0 Å². The first-order valence-electron chi connectivity index (χ1n) is 6.78. The van der Waals surface area contributed by atoms with Crippen molar-refractivity contribution >= 4 is 0 Å². The van der Waals surface area contributed by atoms with Crippen LogP contribution in [0.2, 0.25) is 0 Å². The average Bonchev–Trinajstić information content (AvgIpc) is 2.39. The lowest BCUT2D eigenvalue weighted by atomic mass is 9.94. The number of aryl methyl sites for hydroxylation is 2. The molecule has 0 aliphatic rings. The number of aromatic nitrogens is 2. The maximum Gasteiger partial charge on any atom is 0.0676 e. The molecule has 0 aliphatic carbocycles. The van der Waals surface area contributed by atoms with Gasteiger partial charge in [0.15, 0.2) is 0 Å². The summed E-state index contributed by atoms with van der Waals surface area (Å²) in [4.78, 5) is 0. The lowest BCUT2D eigenvalue weighted by Gasteiger charge is -2.26. The molecule has 1 atom stereocenters. The first kappa shape index (κ1) is 16.0. The SMILES string of the molecule is CCc1nnc(C)cc1C(CCC(C)(C)OC)NN. The largest absolute Gasteiger partial charge is 0.379 e. The lowest BCUT2D eigenvalue weighted by molar-refractivity contribution is 0.0116. The molecule has 1 rings (SSSR count). The highest BCUT2D eigenvalue weighted by atomic mass is 16.5. The van der Waals surface area contributed by atoms with E-state index in [0.717, 1.165) is 36.2 Å². The van der Waals surface area contributed by atoms with Crippen LogP contribution in [0.4, 0.5) is 0 Å². The van der Waals surface area contributed by atoms with E-state index in [9.17, 15) is 0 Å². The highest BCUT2D eigenvalue weighted by molar-refractivity contribution is 5.24. The van der Waals surface area contributed by atoms with Crippen LogP contribution in [0.25, 0.3) is 0 Å². The van der Waals surface area contributed by atoms with Crippen molar-refractivity contribution in [3.05, 3.63) is 23.0 Å². The van der Waals surface area contributed by atoms with Gasteiger partial charge in [-0.25, -0.2) is 0 Å². The normalized spacial score (nSPS) is 13.6. The first-order chi connectivity index (χ1) is 8.93. The summed E-state index contributed by atoms with van der Waals surface area (Å²) in [6, 6.07) is 2.15. The summed E-state index contributed by atoms with van der Waals surface area (Å²) in [5, 5.41) is 8.36. The number of methoxy groups -OCH3 is 1. The molecule has 0 saturated carbocycles. The van der Waals surface area contributed by atoms with Gasteiger partial charge in [-0.1, -0.05) is 6.92 Å². The number of nitrogens with one attached hydrogen (secondary N) is 1. The van der Waals surface area contributed by atoms with E-state index < -0.39 is 0 Å². The molecule has 0 radical (unpaired) electrons. The van der Waals surface area contributed by atoms with Gasteiger partial charge in [-0.2, -0.15) is 10.2 Å². The number of rotatable bonds is 7. The number of hydrogen-bond acceptors (Lipinski definition) is 5. The third-order valence-corrected chi connectivity index (χ3v) is 3.53. The van der Waals surface area contributed by atoms with E-state index in [-0.39, 0.29) is 11.6 Å². The summed E-state index contributed by atoms with van der Waals surface area (Å²) in [6.45, 7) is 8.19. The molecule has 1 aromatic heterocycles. The Hall–Kier alpha value is -1.04. The second kappa shape index (κ2) is 6.93. The number of ether oxygens (including phenoxy) is 1. The Morgan fingerprint density at radius 2 is 2.11 bits per heavy atom. The van der Waals surface area contributed by atoms with Gasteiger partial charge in [-0.05, 0) is 51.7 Å². The Kier molecular flexibility index (Phi) is 5.85. The molecule has 19 heavy (non-hydrogen) atoms. The third kappa shape index (κ3) is 4.53. The van der Waals surface area contributed by atoms with Crippen LogP contribution in [-0.2, 0) is 11.2 Å². The van der Waals surface area contributed by atoms with Crippen molar-refractivity contribution in [1.29, 1.82) is 0 Å².